The average Bonchev–Trinajstić information content (AvgIpc) is 2.61. The molecule has 26 heavy (non-hydrogen) atoms. The van der Waals surface area contributed by atoms with Crippen LogP contribution in [0.25, 0.3) is 11.1 Å². The molecule has 136 valence electrons. The van der Waals surface area contributed by atoms with E-state index in [1.54, 1.807) is 0 Å². The number of benzene rings is 2. The van der Waals surface area contributed by atoms with Gasteiger partial charge in [-0.1, -0.05) is 30.8 Å². The highest BCUT2D eigenvalue weighted by Gasteiger charge is 2.35. The van der Waals surface area contributed by atoms with E-state index in [4.69, 9.17) is 5.73 Å². The first-order valence-corrected chi connectivity index (χ1v) is 8.36. The third kappa shape index (κ3) is 5.10. The van der Waals surface area contributed by atoms with Gasteiger partial charge in [0.05, 0.1) is 11.3 Å². The Kier molecular flexibility index (Phi) is 6.47. The summed E-state index contributed by atoms with van der Waals surface area (Å²) in [5.41, 5.74) is 5.61. The highest BCUT2D eigenvalue weighted by Crippen LogP contribution is 2.34. The normalized spacial score (nSPS) is 12.8. The Morgan fingerprint density at radius 1 is 1.04 bits per heavy atom. The van der Waals surface area contributed by atoms with Gasteiger partial charge in [-0.15, -0.1) is 0 Å². The van der Waals surface area contributed by atoms with E-state index in [2.05, 4.69) is 33.9 Å². The van der Waals surface area contributed by atoms with Gasteiger partial charge >= 0.3 is 6.11 Å². The van der Waals surface area contributed by atoms with Crippen LogP contribution in [0.1, 0.15) is 5.56 Å². The zero-order valence-corrected chi connectivity index (χ0v) is 15.5. The molecule has 0 aromatic heterocycles. The number of hydrogen-bond donors (Lipinski definition) is 1. The molecule has 0 fully saturated rings. The van der Waals surface area contributed by atoms with Crippen molar-refractivity contribution in [3.63, 3.8) is 0 Å². The Morgan fingerprint density at radius 2 is 1.54 bits per heavy atom. The molecule has 0 spiro atoms. The summed E-state index contributed by atoms with van der Waals surface area (Å²) >= 11 is 2.16. The maximum Gasteiger partial charge on any atom is 0.426 e. The van der Waals surface area contributed by atoms with Crippen molar-refractivity contribution in [2.45, 2.75) is 6.11 Å². The molecule has 7 heteroatoms. The van der Waals surface area contributed by atoms with Gasteiger partial charge in [0.1, 0.15) is 12.2 Å². The number of halogens is 5. The van der Waals surface area contributed by atoms with E-state index in [0.29, 0.717) is 6.08 Å². The summed E-state index contributed by atoms with van der Waals surface area (Å²) in [4.78, 5) is 0. The van der Waals surface area contributed by atoms with Crippen LogP contribution in [0.15, 0.2) is 84.8 Å². The molecule has 2 aromatic carbocycles. The van der Waals surface area contributed by atoms with Crippen molar-refractivity contribution < 1.29 is 22.3 Å². The third-order valence-electron chi connectivity index (χ3n) is 3.33. The second-order valence-electron chi connectivity index (χ2n) is 5.23. The number of rotatable bonds is 6. The first-order valence-electron chi connectivity index (χ1n) is 7.28. The molecule has 0 amide bonds. The highest BCUT2D eigenvalue weighted by molar-refractivity contribution is 14.1. The predicted octanol–water partition coefficient (Wildman–Crippen LogP) is 6.16. The maximum absolute atomic E-state index is 14.2. The second kappa shape index (κ2) is 8.39. The lowest BCUT2D eigenvalue weighted by Gasteiger charge is -2.18. The van der Waals surface area contributed by atoms with Gasteiger partial charge in [-0.25, -0.2) is 8.78 Å². The molecule has 2 aromatic rings. The predicted molar refractivity (Wildman–Crippen MR) is 101 cm³/mol. The first kappa shape index (κ1) is 20.0. The fraction of sp³-hybridized carbons (Fsp3) is 0.0526. The smallest absolute Gasteiger partial charge is 0.426 e. The largest absolute Gasteiger partial charge is 0.426 e. The van der Waals surface area contributed by atoms with Gasteiger partial charge in [0.25, 0.3) is 0 Å². The van der Waals surface area contributed by atoms with Gasteiger partial charge < -0.3 is 10.5 Å². The summed E-state index contributed by atoms with van der Waals surface area (Å²) in [6.07, 6.45) is -3.75. The number of nitrogens with two attached hydrogens (primary N) is 1. The fourth-order valence-electron chi connectivity index (χ4n) is 2.01. The number of hydrogen-bond acceptors (Lipinski definition) is 2. The summed E-state index contributed by atoms with van der Waals surface area (Å²) in [7, 11) is 0. The highest BCUT2D eigenvalue weighted by atomic mass is 127. The lowest BCUT2D eigenvalue weighted by molar-refractivity contribution is -0.221. The first-order chi connectivity index (χ1) is 12.2. The molecular weight excluding hydrogens is 461 g/mol. The molecule has 0 aliphatic rings. The van der Waals surface area contributed by atoms with Crippen LogP contribution in [-0.4, -0.2) is 0 Å². The molecule has 0 radical (unpaired) electrons. The molecule has 2 nitrogen and oxygen atoms in total. The van der Waals surface area contributed by atoms with Crippen LogP contribution in [0.2, 0.25) is 0 Å². The SMILES string of the molecule is C=C(N)/C(F)=C\C(=C/F)OC(F)(F)c1ccc(-c2ccc(I)cc2)cc1. The molecule has 0 heterocycles. The van der Waals surface area contributed by atoms with Crippen molar-refractivity contribution >= 4 is 22.6 Å². The van der Waals surface area contributed by atoms with Crippen LogP contribution in [-0.2, 0) is 10.8 Å². The lowest BCUT2D eigenvalue weighted by Crippen LogP contribution is -2.17. The zero-order chi connectivity index (χ0) is 19.3. The minimum absolute atomic E-state index is 0.281. The molecular formula is C19H14F4INO. The molecule has 0 saturated heterocycles. The third-order valence-corrected chi connectivity index (χ3v) is 4.05. The second-order valence-corrected chi connectivity index (χ2v) is 6.48. The van der Waals surface area contributed by atoms with E-state index >= 15 is 0 Å². The standard InChI is InChI=1S/C19H14F4INO/c1-12(25)18(21)10-17(11-20)26-19(22,23)15-6-2-13(3-7-15)14-4-8-16(24)9-5-14/h2-11H,1,25H2/b17-11+,18-10+. The molecule has 0 aliphatic carbocycles. The summed E-state index contributed by atoms with van der Waals surface area (Å²) < 4.78 is 59.8. The van der Waals surface area contributed by atoms with Gasteiger partial charge in [0.2, 0.25) is 0 Å². The van der Waals surface area contributed by atoms with Crippen molar-refractivity contribution in [1.29, 1.82) is 0 Å². The van der Waals surface area contributed by atoms with Crippen molar-refractivity contribution in [2.75, 3.05) is 0 Å². The van der Waals surface area contributed by atoms with Gasteiger partial charge in [0, 0.05) is 9.65 Å². The summed E-state index contributed by atoms with van der Waals surface area (Å²) in [5.74, 6) is -2.18. The van der Waals surface area contributed by atoms with Crippen LogP contribution in [0, 0.1) is 3.57 Å². The van der Waals surface area contributed by atoms with Crippen molar-refractivity contribution in [3.05, 3.63) is 93.9 Å². The Bertz CT molecular complexity index is 843. The van der Waals surface area contributed by atoms with Gasteiger partial charge in [-0.3, -0.25) is 0 Å². The molecule has 0 saturated carbocycles. The number of ether oxygens (including phenoxy) is 1. The van der Waals surface area contributed by atoms with Crippen molar-refractivity contribution in [3.8, 4) is 11.1 Å². The average molecular weight is 475 g/mol. The molecule has 0 unspecified atom stereocenters. The Morgan fingerprint density at radius 3 is 2.00 bits per heavy atom. The van der Waals surface area contributed by atoms with Crippen molar-refractivity contribution in [1.82, 2.24) is 0 Å². The van der Waals surface area contributed by atoms with E-state index in [9.17, 15) is 17.6 Å². The van der Waals surface area contributed by atoms with E-state index < -0.39 is 29.0 Å². The van der Waals surface area contributed by atoms with Crippen LogP contribution in [0.4, 0.5) is 17.6 Å². The van der Waals surface area contributed by atoms with Gasteiger partial charge in [-0.2, -0.15) is 8.78 Å². The fourth-order valence-corrected chi connectivity index (χ4v) is 2.37. The summed E-state index contributed by atoms with van der Waals surface area (Å²) in [6, 6.07) is 12.8. The monoisotopic (exact) mass is 475 g/mol. The van der Waals surface area contributed by atoms with E-state index in [0.717, 1.165) is 26.8 Å². The summed E-state index contributed by atoms with van der Waals surface area (Å²) in [6.45, 7) is 3.08. The number of alkyl halides is 2. The van der Waals surface area contributed by atoms with Crippen LogP contribution in [0.3, 0.4) is 0 Å². The van der Waals surface area contributed by atoms with Crippen molar-refractivity contribution in [2.24, 2.45) is 5.73 Å². The Labute approximate surface area is 161 Å². The Hall–Kier alpha value is -2.29. The molecule has 0 atom stereocenters. The Balaban J connectivity index is 2.22. The maximum atomic E-state index is 14.2. The minimum Gasteiger partial charge on any atom is -0.426 e. The van der Waals surface area contributed by atoms with Crippen LogP contribution in [0.5, 0.6) is 0 Å². The van der Waals surface area contributed by atoms with E-state index in [-0.39, 0.29) is 6.33 Å². The minimum atomic E-state index is -3.87. The number of allylic oxidation sites excluding steroid dienone is 2. The van der Waals surface area contributed by atoms with Gasteiger partial charge in [0.15, 0.2) is 5.76 Å². The lowest BCUT2D eigenvalue weighted by atomic mass is 10.0. The van der Waals surface area contributed by atoms with Crippen LogP contribution < -0.4 is 5.73 Å². The van der Waals surface area contributed by atoms with E-state index in [1.165, 1.54) is 12.1 Å². The summed E-state index contributed by atoms with van der Waals surface area (Å²) in [5, 5.41) is 0. The quantitative estimate of drug-likeness (QED) is 0.235. The molecule has 2 N–H and O–H groups in total. The molecule has 0 bridgehead atoms. The van der Waals surface area contributed by atoms with E-state index in [1.807, 2.05) is 24.3 Å². The topological polar surface area (TPSA) is 35.2 Å². The van der Waals surface area contributed by atoms with Gasteiger partial charge in [-0.05, 0) is 58.0 Å². The zero-order valence-electron chi connectivity index (χ0n) is 13.4. The molecule has 0 aliphatic heterocycles. The molecule has 2 rings (SSSR count). The van der Waals surface area contributed by atoms with Crippen LogP contribution >= 0.6 is 22.6 Å².